The molecule has 0 atom stereocenters. The third-order valence-corrected chi connectivity index (χ3v) is 1.64. The molecule has 0 amide bonds. The summed E-state index contributed by atoms with van der Waals surface area (Å²) < 4.78 is 49.4. The van der Waals surface area contributed by atoms with Gasteiger partial charge in [-0.15, -0.1) is 0 Å². The van der Waals surface area contributed by atoms with E-state index in [-0.39, 0.29) is 13.2 Å². The van der Waals surface area contributed by atoms with E-state index in [0.717, 1.165) is 0 Å². The Hall–Kier alpha value is 0.0200. The summed E-state index contributed by atoms with van der Waals surface area (Å²) in [5.74, 6) is 0. The topological polar surface area (TPSA) is 55.4 Å². The molecule has 0 spiro atoms. The molecule has 0 saturated carbocycles. The monoisotopic (exact) mass is 223 g/mol. The normalized spacial score (nSPS) is 12.3. The molecule has 0 aromatic carbocycles. The van der Waals surface area contributed by atoms with Gasteiger partial charge < -0.3 is 4.74 Å². The highest BCUT2D eigenvalue weighted by atomic mass is 35.7. The van der Waals surface area contributed by atoms with Crippen LogP contribution in [0.4, 0.5) is 8.78 Å². The van der Waals surface area contributed by atoms with Crippen LogP contribution in [0.25, 0.3) is 0 Å². The summed E-state index contributed by atoms with van der Waals surface area (Å²) in [6.07, 6.45) is -2.54. The van der Waals surface area contributed by atoms with Crippen LogP contribution in [0.2, 0.25) is 0 Å². The molecule has 0 aromatic rings. The van der Waals surface area contributed by atoms with Crippen LogP contribution >= 0.6 is 10.7 Å². The van der Waals surface area contributed by atoms with Crippen molar-refractivity contribution in [1.82, 2.24) is 4.72 Å². The van der Waals surface area contributed by atoms with Gasteiger partial charge in [0.15, 0.2) is 0 Å². The summed E-state index contributed by atoms with van der Waals surface area (Å²) in [6.45, 7) is -0.946. The van der Waals surface area contributed by atoms with E-state index in [2.05, 4.69) is 4.74 Å². The second-order valence-electron chi connectivity index (χ2n) is 1.80. The lowest BCUT2D eigenvalue weighted by Gasteiger charge is -2.02. The van der Waals surface area contributed by atoms with Gasteiger partial charge in [-0.25, -0.2) is 8.78 Å². The Balaban J connectivity index is 3.23. The fourth-order valence-corrected chi connectivity index (χ4v) is 0.967. The molecular formula is C4H8ClF2NO3S. The molecule has 0 rings (SSSR count). The number of ether oxygens (including phenoxy) is 1. The molecule has 0 bridgehead atoms. The molecule has 0 radical (unpaired) electrons. The molecule has 12 heavy (non-hydrogen) atoms. The summed E-state index contributed by atoms with van der Waals surface area (Å²) in [5, 5.41) is 0. The molecule has 0 fully saturated rings. The molecule has 0 aliphatic carbocycles. The molecule has 0 aliphatic rings. The van der Waals surface area contributed by atoms with Crippen molar-refractivity contribution in [3.63, 3.8) is 0 Å². The van der Waals surface area contributed by atoms with Crippen LogP contribution in [0, 0.1) is 0 Å². The van der Waals surface area contributed by atoms with Crippen LogP contribution in [-0.4, -0.2) is 34.6 Å². The van der Waals surface area contributed by atoms with Gasteiger partial charge in [-0.2, -0.15) is 13.1 Å². The predicted molar refractivity (Wildman–Crippen MR) is 39.6 cm³/mol. The fourth-order valence-electron chi connectivity index (χ4n) is 0.408. The Kier molecular flexibility index (Phi) is 5.64. The molecular weight excluding hydrogens is 216 g/mol. The van der Waals surface area contributed by atoms with E-state index in [1.54, 1.807) is 0 Å². The van der Waals surface area contributed by atoms with Gasteiger partial charge in [0.05, 0.1) is 6.61 Å². The van der Waals surface area contributed by atoms with Gasteiger partial charge in [-0.3, -0.25) is 0 Å². The maximum absolute atomic E-state index is 11.4. The lowest BCUT2D eigenvalue weighted by atomic mass is 10.7. The maximum atomic E-state index is 11.4. The van der Waals surface area contributed by atoms with Crippen LogP contribution in [0.5, 0.6) is 0 Å². The van der Waals surface area contributed by atoms with E-state index < -0.39 is 22.3 Å². The smallest absolute Gasteiger partial charge is 0.297 e. The van der Waals surface area contributed by atoms with Crippen LogP contribution in [-0.2, 0) is 14.0 Å². The third kappa shape index (κ3) is 10.0. The molecule has 8 heteroatoms. The van der Waals surface area contributed by atoms with Gasteiger partial charge >= 0.3 is 0 Å². The lowest BCUT2D eigenvalue weighted by Crippen LogP contribution is -2.23. The number of hydrogen-bond donors (Lipinski definition) is 1. The average molecular weight is 224 g/mol. The molecule has 0 unspecified atom stereocenters. The van der Waals surface area contributed by atoms with E-state index >= 15 is 0 Å². The molecule has 1 N–H and O–H groups in total. The van der Waals surface area contributed by atoms with Crippen molar-refractivity contribution in [2.24, 2.45) is 0 Å². The standard InChI is InChI=1S/C4H8ClF2NO3S/c5-12(9,10)8-1-2-11-3-4(6)7/h4,8H,1-3H2. The zero-order chi connectivity index (χ0) is 9.61. The first-order chi connectivity index (χ1) is 5.42. The Morgan fingerprint density at radius 1 is 1.50 bits per heavy atom. The van der Waals surface area contributed by atoms with E-state index in [9.17, 15) is 17.2 Å². The SMILES string of the molecule is O=S(=O)(Cl)NCCOCC(F)F. The highest BCUT2D eigenvalue weighted by Crippen LogP contribution is 1.92. The quantitative estimate of drug-likeness (QED) is 0.522. The fraction of sp³-hybridized carbons (Fsp3) is 1.00. The molecule has 0 saturated heterocycles. The summed E-state index contributed by atoms with van der Waals surface area (Å²) in [4.78, 5) is 0. The van der Waals surface area contributed by atoms with Crippen molar-refractivity contribution in [2.45, 2.75) is 6.43 Å². The number of halogens is 3. The largest absolute Gasteiger partial charge is 0.374 e. The molecule has 74 valence electrons. The van der Waals surface area contributed by atoms with Gasteiger partial charge in [0, 0.05) is 17.2 Å². The molecule has 4 nitrogen and oxygen atoms in total. The number of alkyl halides is 2. The molecule has 0 heterocycles. The highest BCUT2D eigenvalue weighted by molar-refractivity contribution is 8.12. The van der Waals surface area contributed by atoms with E-state index in [4.69, 9.17) is 10.7 Å². The van der Waals surface area contributed by atoms with E-state index in [0.29, 0.717) is 0 Å². The van der Waals surface area contributed by atoms with E-state index in [1.807, 2.05) is 4.72 Å². The first-order valence-corrected chi connectivity index (χ1v) is 5.28. The summed E-state index contributed by atoms with van der Waals surface area (Å²) in [6, 6.07) is 0. The summed E-state index contributed by atoms with van der Waals surface area (Å²) in [7, 11) is 0.962. The first-order valence-electron chi connectivity index (χ1n) is 2.97. The Morgan fingerprint density at radius 3 is 2.50 bits per heavy atom. The van der Waals surface area contributed by atoms with Crippen molar-refractivity contribution >= 4 is 19.9 Å². The number of rotatable bonds is 6. The van der Waals surface area contributed by atoms with Crippen LogP contribution in [0.15, 0.2) is 0 Å². The van der Waals surface area contributed by atoms with Crippen molar-refractivity contribution in [2.75, 3.05) is 19.8 Å². The van der Waals surface area contributed by atoms with Crippen molar-refractivity contribution in [3.8, 4) is 0 Å². The minimum atomic E-state index is -3.77. The highest BCUT2D eigenvalue weighted by Gasteiger charge is 2.04. The van der Waals surface area contributed by atoms with Gasteiger partial charge in [0.1, 0.15) is 6.61 Å². The molecule has 0 aromatic heterocycles. The minimum Gasteiger partial charge on any atom is -0.374 e. The van der Waals surface area contributed by atoms with Crippen LogP contribution < -0.4 is 4.72 Å². The van der Waals surface area contributed by atoms with Crippen molar-refractivity contribution in [3.05, 3.63) is 0 Å². The summed E-state index contributed by atoms with van der Waals surface area (Å²) in [5.41, 5.74) is 0. The second-order valence-corrected chi connectivity index (χ2v) is 4.18. The number of nitrogens with one attached hydrogen (secondary N) is 1. The Labute approximate surface area is 73.4 Å². The average Bonchev–Trinajstić information content (AvgIpc) is 1.83. The minimum absolute atomic E-state index is 0.113. The van der Waals surface area contributed by atoms with Gasteiger partial charge in [0.2, 0.25) is 0 Å². The maximum Gasteiger partial charge on any atom is 0.297 e. The number of hydrogen-bond acceptors (Lipinski definition) is 3. The lowest BCUT2D eigenvalue weighted by molar-refractivity contribution is 0.0199. The predicted octanol–water partition coefficient (Wildman–Crippen LogP) is 0.341. The Morgan fingerprint density at radius 2 is 2.08 bits per heavy atom. The van der Waals surface area contributed by atoms with Gasteiger partial charge in [-0.1, -0.05) is 0 Å². The first kappa shape index (κ1) is 12.0. The third-order valence-electron chi connectivity index (χ3n) is 0.765. The Bertz CT molecular complexity index is 208. The van der Waals surface area contributed by atoms with Gasteiger partial charge in [-0.05, 0) is 0 Å². The summed E-state index contributed by atoms with van der Waals surface area (Å²) >= 11 is 0. The zero-order valence-electron chi connectivity index (χ0n) is 5.97. The van der Waals surface area contributed by atoms with Gasteiger partial charge in [0.25, 0.3) is 15.7 Å². The van der Waals surface area contributed by atoms with Crippen LogP contribution in [0.3, 0.4) is 0 Å². The zero-order valence-corrected chi connectivity index (χ0v) is 7.54. The van der Waals surface area contributed by atoms with Crippen molar-refractivity contribution < 1.29 is 21.9 Å². The second kappa shape index (κ2) is 5.63. The van der Waals surface area contributed by atoms with Crippen LogP contribution in [0.1, 0.15) is 0 Å². The molecule has 0 aliphatic heterocycles. The van der Waals surface area contributed by atoms with E-state index in [1.165, 1.54) is 0 Å². The van der Waals surface area contributed by atoms with Crippen molar-refractivity contribution in [1.29, 1.82) is 0 Å².